The van der Waals surface area contributed by atoms with Crippen LogP contribution in [0, 0.1) is 0 Å². The van der Waals surface area contributed by atoms with E-state index in [1.54, 1.807) is 7.11 Å². The molecule has 1 fully saturated rings. The van der Waals surface area contributed by atoms with Crippen LogP contribution in [0.3, 0.4) is 0 Å². The summed E-state index contributed by atoms with van der Waals surface area (Å²) in [4.78, 5) is 19.7. The maximum Gasteiger partial charge on any atom is 0.272 e. The summed E-state index contributed by atoms with van der Waals surface area (Å²) in [6, 6.07) is 15.6. The molecule has 1 aromatic heterocycles. The second kappa shape index (κ2) is 8.19. The van der Waals surface area contributed by atoms with Crippen LogP contribution in [0.2, 0.25) is 0 Å². The van der Waals surface area contributed by atoms with Gasteiger partial charge in [-0.05, 0) is 55.7 Å². The summed E-state index contributed by atoms with van der Waals surface area (Å²) in [6.07, 6.45) is 3.28. The first-order valence-electron chi connectivity index (χ1n) is 9.45. The molecule has 1 saturated heterocycles. The third-order valence-corrected chi connectivity index (χ3v) is 5.54. The van der Waals surface area contributed by atoms with E-state index in [2.05, 4.69) is 26.2 Å². The number of pyridine rings is 1. The average Bonchev–Trinajstić information content (AvgIpc) is 2.75. The van der Waals surface area contributed by atoms with Crippen molar-refractivity contribution < 1.29 is 9.53 Å². The average molecular weight is 440 g/mol. The molecule has 144 valence electrons. The summed E-state index contributed by atoms with van der Waals surface area (Å²) in [5, 5.41) is 4.35. The molecule has 0 bridgehead atoms. The molecular formula is C22H22BrN3O2. The Morgan fingerprint density at radius 1 is 1.11 bits per heavy atom. The van der Waals surface area contributed by atoms with Crippen LogP contribution in [0.5, 0.6) is 5.75 Å². The number of hydrogen-bond acceptors (Lipinski definition) is 4. The zero-order chi connectivity index (χ0) is 19.5. The monoisotopic (exact) mass is 439 g/mol. The van der Waals surface area contributed by atoms with E-state index in [-0.39, 0.29) is 5.91 Å². The highest BCUT2D eigenvalue weighted by Gasteiger charge is 2.21. The van der Waals surface area contributed by atoms with Gasteiger partial charge in [-0.3, -0.25) is 4.79 Å². The number of likely N-dealkylation sites (tertiary alicyclic amines) is 1. The number of methoxy groups -OCH3 is 1. The van der Waals surface area contributed by atoms with Gasteiger partial charge in [-0.25, -0.2) is 4.98 Å². The smallest absolute Gasteiger partial charge is 0.272 e. The Morgan fingerprint density at radius 2 is 1.86 bits per heavy atom. The van der Waals surface area contributed by atoms with Crippen LogP contribution < -0.4 is 10.1 Å². The Bertz CT molecular complexity index is 999. The number of piperidine rings is 1. The molecule has 3 aromatic rings. The summed E-state index contributed by atoms with van der Waals surface area (Å²) in [6.45, 7) is 1.58. The highest BCUT2D eigenvalue weighted by atomic mass is 79.9. The Hall–Kier alpha value is -2.60. The molecule has 1 amide bonds. The number of amides is 1. The standard InChI is InChI=1S/C22H22BrN3O2/c1-28-20-7-5-6-17-18(24-16-10-8-15(23)9-11-16)14-19(25-21(17)20)22(27)26-12-3-2-4-13-26/h5-11,14H,2-4,12-13H2,1H3,(H,24,25). The number of carbonyl (C=O) groups excluding carboxylic acids is 1. The van der Waals surface area contributed by atoms with E-state index in [1.165, 1.54) is 6.42 Å². The lowest BCUT2D eigenvalue weighted by Gasteiger charge is -2.26. The lowest BCUT2D eigenvalue weighted by Crippen LogP contribution is -2.36. The van der Waals surface area contributed by atoms with Gasteiger partial charge >= 0.3 is 0 Å². The van der Waals surface area contributed by atoms with Gasteiger partial charge in [-0.2, -0.15) is 0 Å². The van der Waals surface area contributed by atoms with Crippen molar-refractivity contribution in [2.75, 3.05) is 25.5 Å². The number of rotatable bonds is 4. The first-order chi connectivity index (χ1) is 13.7. The van der Waals surface area contributed by atoms with Crippen LogP contribution in [0.25, 0.3) is 10.9 Å². The molecule has 1 aliphatic rings. The number of carbonyl (C=O) groups is 1. The Balaban J connectivity index is 1.79. The van der Waals surface area contributed by atoms with Crippen molar-refractivity contribution in [3.05, 3.63) is 58.7 Å². The van der Waals surface area contributed by atoms with Crippen LogP contribution in [-0.2, 0) is 0 Å². The molecule has 28 heavy (non-hydrogen) atoms. The summed E-state index contributed by atoms with van der Waals surface area (Å²) in [5.74, 6) is 0.635. The number of aromatic nitrogens is 1. The van der Waals surface area contributed by atoms with Crippen molar-refractivity contribution in [3.63, 3.8) is 0 Å². The van der Waals surface area contributed by atoms with Crippen LogP contribution in [0.1, 0.15) is 29.8 Å². The lowest BCUT2D eigenvalue weighted by molar-refractivity contribution is 0.0719. The molecule has 1 aliphatic heterocycles. The molecule has 2 heterocycles. The molecule has 0 atom stereocenters. The molecule has 4 rings (SSSR count). The van der Waals surface area contributed by atoms with Gasteiger partial charge < -0.3 is 15.0 Å². The van der Waals surface area contributed by atoms with Gasteiger partial charge in [0, 0.05) is 28.6 Å². The number of para-hydroxylation sites is 1. The van der Waals surface area contributed by atoms with Gasteiger partial charge in [-0.1, -0.05) is 28.1 Å². The van der Waals surface area contributed by atoms with Gasteiger partial charge in [0.25, 0.3) is 5.91 Å². The van der Waals surface area contributed by atoms with Gasteiger partial charge in [0.15, 0.2) is 0 Å². The summed E-state index contributed by atoms with van der Waals surface area (Å²) in [7, 11) is 1.62. The number of benzene rings is 2. The zero-order valence-electron chi connectivity index (χ0n) is 15.7. The van der Waals surface area contributed by atoms with E-state index in [1.807, 2.05) is 53.4 Å². The zero-order valence-corrected chi connectivity index (χ0v) is 17.3. The van der Waals surface area contributed by atoms with Crippen molar-refractivity contribution in [1.29, 1.82) is 0 Å². The van der Waals surface area contributed by atoms with E-state index >= 15 is 0 Å². The number of fused-ring (bicyclic) bond motifs is 1. The number of halogens is 1. The van der Waals surface area contributed by atoms with Gasteiger partial charge in [0.2, 0.25) is 0 Å². The minimum Gasteiger partial charge on any atom is -0.494 e. The molecule has 6 heteroatoms. The highest BCUT2D eigenvalue weighted by molar-refractivity contribution is 9.10. The summed E-state index contributed by atoms with van der Waals surface area (Å²) >= 11 is 3.46. The molecule has 0 saturated carbocycles. The Morgan fingerprint density at radius 3 is 2.57 bits per heavy atom. The van der Waals surface area contributed by atoms with E-state index < -0.39 is 0 Å². The number of ether oxygens (including phenoxy) is 1. The van der Waals surface area contributed by atoms with Gasteiger partial charge in [0.1, 0.15) is 17.0 Å². The van der Waals surface area contributed by atoms with Crippen LogP contribution in [0.4, 0.5) is 11.4 Å². The number of hydrogen-bond donors (Lipinski definition) is 1. The predicted octanol–water partition coefficient (Wildman–Crippen LogP) is 5.38. The molecular weight excluding hydrogens is 418 g/mol. The summed E-state index contributed by atoms with van der Waals surface area (Å²) < 4.78 is 6.52. The van der Waals surface area contributed by atoms with Crippen LogP contribution in [-0.4, -0.2) is 36.0 Å². The van der Waals surface area contributed by atoms with Crippen molar-refractivity contribution in [1.82, 2.24) is 9.88 Å². The molecule has 0 radical (unpaired) electrons. The summed E-state index contributed by atoms with van der Waals surface area (Å²) in [5.41, 5.74) is 2.91. The fraction of sp³-hybridized carbons (Fsp3) is 0.273. The number of anilines is 2. The van der Waals surface area contributed by atoms with Crippen molar-refractivity contribution in [2.45, 2.75) is 19.3 Å². The minimum atomic E-state index is -0.0219. The minimum absolute atomic E-state index is 0.0219. The Kier molecular flexibility index (Phi) is 5.48. The molecule has 0 spiro atoms. The van der Waals surface area contributed by atoms with Crippen molar-refractivity contribution in [2.24, 2.45) is 0 Å². The predicted molar refractivity (Wildman–Crippen MR) is 115 cm³/mol. The quantitative estimate of drug-likeness (QED) is 0.592. The fourth-order valence-electron chi connectivity index (χ4n) is 3.55. The number of nitrogens with zero attached hydrogens (tertiary/aromatic N) is 2. The van der Waals surface area contributed by atoms with E-state index in [0.717, 1.165) is 47.2 Å². The van der Waals surface area contributed by atoms with Crippen molar-refractivity contribution in [3.8, 4) is 5.75 Å². The normalized spacial score (nSPS) is 14.1. The SMILES string of the molecule is COc1cccc2c(Nc3ccc(Br)cc3)cc(C(=O)N3CCCCC3)nc12. The third kappa shape index (κ3) is 3.83. The Labute approximate surface area is 172 Å². The van der Waals surface area contributed by atoms with Crippen LogP contribution in [0.15, 0.2) is 53.0 Å². The first-order valence-corrected chi connectivity index (χ1v) is 10.2. The maximum atomic E-state index is 13.1. The second-order valence-electron chi connectivity index (χ2n) is 6.90. The molecule has 0 aliphatic carbocycles. The van der Waals surface area contributed by atoms with E-state index in [4.69, 9.17) is 4.74 Å². The third-order valence-electron chi connectivity index (χ3n) is 5.01. The highest BCUT2D eigenvalue weighted by Crippen LogP contribution is 2.32. The lowest BCUT2D eigenvalue weighted by atomic mass is 10.1. The maximum absolute atomic E-state index is 13.1. The van der Waals surface area contributed by atoms with Gasteiger partial charge in [-0.15, -0.1) is 0 Å². The molecule has 1 N–H and O–H groups in total. The first kappa shape index (κ1) is 18.7. The molecule has 0 unspecified atom stereocenters. The van der Waals surface area contributed by atoms with E-state index in [0.29, 0.717) is 17.0 Å². The van der Waals surface area contributed by atoms with Crippen LogP contribution >= 0.6 is 15.9 Å². The largest absolute Gasteiger partial charge is 0.494 e. The number of nitrogens with one attached hydrogen (secondary N) is 1. The second-order valence-corrected chi connectivity index (χ2v) is 7.81. The van der Waals surface area contributed by atoms with Crippen molar-refractivity contribution >= 4 is 44.1 Å². The molecule has 2 aromatic carbocycles. The van der Waals surface area contributed by atoms with Gasteiger partial charge in [0.05, 0.1) is 12.8 Å². The fourth-order valence-corrected chi connectivity index (χ4v) is 3.81. The molecule has 5 nitrogen and oxygen atoms in total. The topological polar surface area (TPSA) is 54.5 Å². The van der Waals surface area contributed by atoms with E-state index in [9.17, 15) is 4.79 Å².